The van der Waals surface area contributed by atoms with Crippen LogP contribution in [0.3, 0.4) is 0 Å². The van der Waals surface area contributed by atoms with Crippen LogP contribution in [0, 0.1) is 0 Å². The van der Waals surface area contributed by atoms with Crippen LogP contribution in [0.2, 0.25) is 0 Å². The molecule has 8 heteroatoms. The van der Waals surface area contributed by atoms with Gasteiger partial charge >= 0.3 is 0 Å². The van der Waals surface area contributed by atoms with E-state index < -0.39 is 0 Å². The SMILES string of the molecule is COc1cccc2cc(C(=O)NCc3ccco3)c(=Nc3ccc4c(c3)OCCO4)oc12. The van der Waals surface area contributed by atoms with Crippen LogP contribution in [-0.2, 0) is 6.54 Å². The topological polar surface area (TPSA) is 95.4 Å². The van der Waals surface area contributed by atoms with Crippen LogP contribution in [0.1, 0.15) is 16.1 Å². The number of furan rings is 1. The maximum atomic E-state index is 13.0. The summed E-state index contributed by atoms with van der Waals surface area (Å²) >= 11 is 0. The number of benzene rings is 2. The lowest BCUT2D eigenvalue weighted by Gasteiger charge is -2.18. The number of amides is 1. The standard InChI is InChI=1S/C24H20N2O6/c1-28-20-6-2-4-15-12-18(23(27)25-14-17-5-3-9-29-17)24(32-22(15)20)26-16-7-8-19-21(13-16)31-11-10-30-19/h2-9,12-13H,10-11,14H2,1H3,(H,25,27). The Morgan fingerprint density at radius 1 is 1.06 bits per heavy atom. The fraction of sp³-hybridized carbons (Fsp3) is 0.167. The number of carbonyl (C=O) groups excluding carboxylic acids is 1. The first-order valence-electron chi connectivity index (χ1n) is 10.1. The van der Waals surface area contributed by atoms with Crippen molar-refractivity contribution in [1.82, 2.24) is 5.32 Å². The molecule has 0 bridgehead atoms. The van der Waals surface area contributed by atoms with E-state index in [1.165, 1.54) is 0 Å². The molecule has 0 spiro atoms. The predicted octanol–water partition coefficient (Wildman–Crippen LogP) is 3.97. The first-order valence-corrected chi connectivity index (χ1v) is 10.1. The highest BCUT2D eigenvalue weighted by molar-refractivity contribution is 5.97. The van der Waals surface area contributed by atoms with Gasteiger partial charge in [0.2, 0.25) is 5.55 Å². The number of para-hydroxylation sites is 1. The molecular formula is C24H20N2O6. The van der Waals surface area contributed by atoms with Gasteiger partial charge in [0.1, 0.15) is 24.5 Å². The van der Waals surface area contributed by atoms with Gasteiger partial charge in [-0.05, 0) is 36.4 Å². The molecule has 2 aromatic carbocycles. The molecular weight excluding hydrogens is 412 g/mol. The van der Waals surface area contributed by atoms with Gasteiger partial charge in [-0.1, -0.05) is 12.1 Å². The second-order valence-electron chi connectivity index (χ2n) is 7.05. The molecule has 0 radical (unpaired) electrons. The van der Waals surface area contributed by atoms with Gasteiger partial charge in [0.15, 0.2) is 22.8 Å². The maximum Gasteiger partial charge on any atom is 0.257 e. The number of carbonyl (C=O) groups is 1. The molecule has 1 amide bonds. The van der Waals surface area contributed by atoms with Crippen molar-refractivity contribution < 1.29 is 27.8 Å². The molecule has 0 unspecified atom stereocenters. The molecule has 0 aliphatic carbocycles. The highest BCUT2D eigenvalue weighted by Gasteiger charge is 2.16. The number of nitrogens with one attached hydrogen (secondary N) is 1. The molecule has 2 aromatic heterocycles. The Morgan fingerprint density at radius 2 is 1.94 bits per heavy atom. The fourth-order valence-electron chi connectivity index (χ4n) is 3.43. The highest BCUT2D eigenvalue weighted by Crippen LogP contribution is 2.33. The van der Waals surface area contributed by atoms with E-state index in [1.54, 1.807) is 55.8 Å². The average Bonchev–Trinajstić information content (AvgIpc) is 3.35. The van der Waals surface area contributed by atoms with Crippen LogP contribution in [0.25, 0.3) is 11.0 Å². The van der Waals surface area contributed by atoms with E-state index in [0.29, 0.717) is 52.9 Å². The van der Waals surface area contributed by atoms with Crippen molar-refractivity contribution in [2.45, 2.75) is 6.54 Å². The third kappa shape index (κ3) is 3.90. The molecule has 3 heterocycles. The molecule has 0 fully saturated rings. The number of fused-ring (bicyclic) bond motifs is 2. The molecule has 1 aliphatic rings. The van der Waals surface area contributed by atoms with Crippen LogP contribution >= 0.6 is 0 Å². The lowest BCUT2D eigenvalue weighted by Crippen LogP contribution is -2.28. The van der Waals surface area contributed by atoms with E-state index in [1.807, 2.05) is 12.1 Å². The van der Waals surface area contributed by atoms with E-state index >= 15 is 0 Å². The van der Waals surface area contributed by atoms with Crippen LogP contribution < -0.4 is 25.1 Å². The number of methoxy groups -OCH3 is 1. The summed E-state index contributed by atoms with van der Waals surface area (Å²) in [4.78, 5) is 17.6. The average molecular weight is 432 g/mol. The quantitative estimate of drug-likeness (QED) is 0.513. The minimum absolute atomic E-state index is 0.149. The molecule has 1 N–H and O–H groups in total. The molecule has 8 nitrogen and oxygen atoms in total. The van der Waals surface area contributed by atoms with Crippen molar-refractivity contribution in [2.75, 3.05) is 20.3 Å². The third-order valence-electron chi connectivity index (χ3n) is 4.96. The molecule has 4 aromatic rings. The van der Waals surface area contributed by atoms with Gasteiger partial charge in [-0.2, -0.15) is 0 Å². The maximum absolute atomic E-state index is 13.0. The van der Waals surface area contributed by atoms with E-state index in [-0.39, 0.29) is 23.6 Å². The van der Waals surface area contributed by atoms with Crippen molar-refractivity contribution in [1.29, 1.82) is 0 Å². The highest BCUT2D eigenvalue weighted by atomic mass is 16.6. The van der Waals surface area contributed by atoms with Crippen molar-refractivity contribution in [3.05, 3.63) is 77.7 Å². The minimum Gasteiger partial charge on any atom is -0.493 e. The Bertz CT molecular complexity index is 1340. The Morgan fingerprint density at radius 3 is 2.75 bits per heavy atom. The molecule has 0 atom stereocenters. The molecule has 0 saturated carbocycles. The summed E-state index contributed by atoms with van der Waals surface area (Å²) in [5.41, 5.74) is 1.49. The zero-order valence-electron chi connectivity index (χ0n) is 17.3. The summed E-state index contributed by atoms with van der Waals surface area (Å²) in [6.45, 7) is 1.21. The van der Waals surface area contributed by atoms with Crippen LogP contribution in [0.4, 0.5) is 5.69 Å². The fourth-order valence-corrected chi connectivity index (χ4v) is 3.43. The van der Waals surface area contributed by atoms with Crippen molar-refractivity contribution >= 4 is 22.6 Å². The lowest BCUT2D eigenvalue weighted by molar-refractivity contribution is 0.0944. The Hall–Kier alpha value is -4.20. The normalized spacial score (nSPS) is 13.2. The van der Waals surface area contributed by atoms with Gasteiger partial charge in [0, 0.05) is 11.5 Å². The molecule has 0 saturated heterocycles. The van der Waals surface area contributed by atoms with Crippen LogP contribution in [0.5, 0.6) is 17.2 Å². The number of ether oxygens (including phenoxy) is 3. The molecule has 1 aliphatic heterocycles. The molecule has 5 rings (SSSR count). The number of hydrogen-bond acceptors (Lipinski definition) is 7. The van der Waals surface area contributed by atoms with Crippen LogP contribution in [-0.4, -0.2) is 26.2 Å². The number of hydrogen-bond donors (Lipinski definition) is 1. The van der Waals surface area contributed by atoms with Gasteiger partial charge in [-0.15, -0.1) is 0 Å². The summed E-state index contributed by atoms with van der Waals surface area (Å²) in [7, 11) is 1.56. The Balaban J connectivity index is 1.60. The van der Waals surface area contributed by atoms with Gasteiger partial charge in [-0.3, -0.25) is 4.79 Å². The van der Waals surface area contributed by atoms with Gasteiger partial charge in [-0.25, -0.2) is 4.99 Å². The Labute approximate surface area is 183 Å². The van der Waals surface area contributed by atoms with E-state index in [2.05, 4.69) is 10.3 Å². The summed E-state index contributed by atoms with van der Waals surface area (Å²) in [5.74, 6) is 2.10. The monoisotopic (exact) mass is 432 g/mol. The van der Waals surface area contributed by atoms with Gasteiger partial charge < -0.3 is 28.4 Å². The largest absolute Gasteiger partial charge is 0.493 e. The van der Waals surface area contributed by atoms with Gasteiger partial charge in [0.05, 0.1) is 25.6 Å². The van der Waals surface area contributed by atoms with Crippen molar-refractivity contribution in [2.24, 2.45) is 4.99 Å². The first kappa shape index (κ1) is 19.7. The number of nitrogens with zero attached hydrogens (tertiary/aromatic N) is 1. The zero-order valence-corrected chi connectivity index (χ0v) is 17.3. The predicted molar refractivity (Wildman–Crippen MR) is 115 cm³/mol. The van der Waals surface area contributed by atoms with E-state index in [0.717, 1.165) is 0 Å². The Kier molecular flexibility index (Phi) is 5.25. The lowest BCUT2D eigenvalue weighted by atomic mass is 10.1. The van der Waals surface area contributed by atoms with Crippen LogP contribution in [0.15, 0.2) is 74.7 Å². The second kappa shape index (κ2) is 8.50. The smallest absolute Gasteiger partial charge is 0.257 e. The summed E-state index contributed by atoms with van der Waals surface area (Å²) in [6, 6.07) is 16.1. The summed E-state index contributed by atoms with van der Waals surface area (Å²) in [6.07, 6.45) is 1.56. The third-order valence-corrected chi connectivity index (χ3v) is 4.96. The van der Waals surface area contributed by atoms with E-state index in [9.17, 15) is 4.79 Å². The molecule has 32 heavy (non-hydrogen) atoms. The summed E-state index contributed by atoms with van der Waals surface area (Å²) in [5, 5.41) is 3.56. The minimum atomic E-state index is -0.342. The van der Waals surface area contributed by atoms with Gasteiger partial charge in [0.25, 0.3) is 5.91 Å². The summed E-state index contributed by atoms with van der Waals surface area (Å²) < 4.78 is 28.0. The zero-order chi connectivity index (χ0) is 21.9. The number of rotatable bonds is 5. The molecule has 162 valence electrons. The first-order chi connectivity index (χ1) is 15.7. The van der Waals surface area contributed by atoms with Crippen molar-refractivity contribution in [3.8, 4) is 17.2 Å². The van der Waals surface area contributed by atoms with E-state index in [4.69, 9.17) is 23.0 Å². The second-order valence-corrected chi connectivity index (χ2v) is 7.05. The van der Waals surface area contributed by atoms with Crippen molar-refractivity contribution in [3.63, 3.8) is 0 Å².